The van der Waals surface area contributed by atoms with Crippen LogP contribution < -0.4 is 5.73 Å². The Kier molecular flexibility index (Phi) is 2.94. The number of nitrogen functional groups attached to an aromatic ring is 1. The van der Waals surface area contributed by atoms with E-state index in [4.69, 9.17) is 15.3 Å². The van der Waals surface area contributed by atoms with Crippen LogP contribution in [0.1, 0.15) is 11.9 Å². The number of hydrogen-bond acceptors (Lipinski definition) is 4. The van der Waals surface area contributed by atoms with Gasteiger partial charge in [0, 0.05) is 11.3 Å². The lowest BCUT2D eigenvalue weighted by Crippen LogP contribution is -1.99. The Hall–Kier alpha value is -1.78. The second-order valence-corrected chi connectivity index (χ2v) is 3.52. The van der Waals surface area contributed by atoms with Crippen LogP contribution in [0.2, 0.25) is 0 Å². The van der Waals surface area contributed by atoms with Crippen molar-refractivity contribution in [1.82, 2.24) is 0 Å². The first-order valence-corrected chi connectivity index (χ1v) is 4.95. The van der Waals surface area contributed by atoms with E-state index in [0.29, 0.717) is 17.2 Å². The van der Waals surface area contributed by atoms with E-state index in [2.05, 4.69) is 0 Å². The summed E-state index contributed by atoms with van der Waals surface area (Å²) in [5, 5.41) is 18.1. The second-order valence-electron chi connectivity index (χ2n) is 3.52. The fourth-order valence-corrected chi connectivity index (χ4v) is 1.42. The zero-order chi connectivity index (χ0) is 11.5. The molecule has 0 radical (unpaired) electrons. The summed E-state index contributed by atoms with van der Waals surface area (Å²) in [6.07, 6.45) is -0.970. The number of nitrogens with two attached hydrogens (primary N) is 1. The summed E-state index contributed by atoms with van der Waals surface area (Å²) < 4.78 is 5.41. The Morgan fingerprint density at radius 3 is 2.44 bits per heavy atom. The number of aliphatic hydroxyl groups excluding tert-OH is 2. The molecule has 1 unspecified atom stereocenters. The highest BCUT2D eigenvalue weighted by Gasteiger charge is 2.11. The van der Waals surface area contributed by atoms with Gasteiger partial charge < -0.3 is 20.4 Å². The predicted octanol–water partition coefficient (Wildman–Crippen LogP) is 1.55. The van der Waals surface area contributed by atoms with E-state index in [0.717, 1.165) is 5.56 Å². The zero-order valence-corrected chi connectivity index (χ0v) is 8.63. The Morgan fingerprint density at radius 1 is 1.12 bits per heavy atom. The van der Waals surface area contributed by atoms with Crippen molar-refractivity contribution in [3.8, 4) is 11.3 Å². The Bertz CT molecular complexity index is 461. The third kappa shape index (κ3) is 2.08. The van der Waals surface area contributed by atoms with Gasteiger partial charge in [0.15, 0.2) is 0 Å². The molecule has 1 heterocycles. The molecule has 2 rings (SSSR count). The summed E-state index contributed by atoms with van der Waals surface area (Å²) in [7, 11) is 0. The first-order valence-electron chi connectivity index (χ1n) is 4.95. The van der Waals surface area contributed by atoms with Crippen molar-refractivity contribution in [2.75, 3.05) is 12.3 Å². The number of rotatable bonds is 3. The molecule has 84 valence electrons. The van der Waals surface area contributed by atoms with Crippen LogP contribution in [0.5, 0.6) is 0 Å². The number of benzene rings is 1. The first-order chi connectivity index (χ1) is 7.70. The van der Waals surface area contributed by atoms with Crippen LogP contribution in [0, 0.1) is 0 Å². The molecule has 1 aromatic heterocycles. The van der Waals surface area contributed by atoms with Gasteiger partial charge in [0.25, 0.3) is 0 Å². The van der Waals surface area contributed by atoms with Gasteiger partial charge in [-0.05, 0) is 36.4 Å². The third-order valence-corrected chi connectivity index (χ3v) is 2.32. The van der Waals surface area contributed by atoms with Crippen LogP contribution in [0.3, 0.4) is 0 Å². The monoisotopic (exact) mass is 219 g/mol. The Labute approximate surface area is 92.9 Å². The fourth-order valence-electron chi connectivity index (χ4n) is 1.42. The molecule has 1 atom stereocenters. The second kappa shape index (κ2) is 4.38. The molecule has 1 aromatic carbocycles. The van der Waals surface area contributed by atoms with Crippen LogP contribution in [-0.2, 0) is 0 Å². The molecular weight excluding hydrogens is 206 g/mol. The minimum Gasteiger partial charge on any atom is -0.458 e. The highest BCUT2D eigenvalue weighted by atomic mass is 16.4. The SMILES string of the molecule is Nc1ccc(-c2ccc(C(O)CO)o2)cc1. The van der Waals surface area contributed by atoms with Crippen LogP contribution in [0.15, 0.2) is 40.8 Å². The van der Waals surface area contributed by atoms with Crippen molar-refractivity contribution < 1.29 is 14.6 Å². The molecule has 0 aliphatic rings. The lowest BCUT2D eigenvalue weighted by molar-refractivity contribution is 0.0781. The first kappa shape index (κ1) is 10.7. The van der Waals surface area contributed by atoms with Crippen LogP contribution in [0.25, 0.3) is 11.3 Å². The van der Waals surface area contributed by atoms with E-state index in [1.54, 1.807) is 24.3 Å². The summed E-state index contributed by atoms with van der Waals surface area (Å²) >= 11 is 0. The van der Waals surface area contributed by atoms with Gasteiger partial charge in [-0.1, -0.05) is 0 Å². The Balaban J connectivity index is 2.28. The maximum absolute atomic E-state index is 9.37. The van der Waals surface area contributed by atoms with Gasteiger partial charge >= 0.3 is 0 Å². The molecule has 16 heavy (non-hydrogen) atoms. The highest BCUT2D eigenvalue weighted by Crippen LogP contribution is 2.25. The third-order valence-electron chi connectivity index (χ3n) is 2.32. The van der Waals surface area contributed by atoms with Gasteiger partial charge in [0.1, 0.15) is 17.6 Å². The Morgan fingerprint density at radius 2 is 1.81 bits per heavy atom. The maximum atomic E-state index is 9.37. The molecule has 0 aliphatic carbocycles. The van der Waals surface area contributed by atoms with Crippen LogP contribution in [-0.4, -0.2) is 16.8 Å². The zero-order valence-electron chi connectivity index (χ0n) is 8.63. The van der Waals surface area contributed by atoms with E-state index in [1.807, 2.05) is 12.1 Å². The summed E-state index contributed by atoms with van der Waals surface area (Å²) in [6, 6.07) is 10.6. The molecule has 4 nitrogen and oxygen atoms in total. The van der Waals surface area contributed by atoms with Gasteiger partial charge in [-0.25, -0.2) is 0 Å². The summed E-state index contributed by atoms with van der Waals surface area (Å²) in [5.74, 6) is 0.997. The molecule has 4 N–H and O–H groups in total. The van der Waals surface area contributed by atoms with Gasteiger partial charge in [0.05, 0.1) is 6.61 Å². The predicted molar refractivity (Wildman–Crippen MR) is 60.6 cm³/mol. The van der Waals surface area contributed by atoms with Crippen molar-refractivity contribution in [3.05, 3.63) is 42.2 Å². The lowest BCUT2D eigenvalue weighted by atomic mass is 10.1. The minimum absolute atomic E-state index is 0.352. The largest absolute Gasteiger partial charge is 0.458 e. The van der Waals surface area contributed by atoms with E-state index < -0.39 is 6.10 Å². The molecular formula is C12H13NO3. The topological polar surface area (TPSA) is 79.6 Å². The summed E-state index contributed by atoms with van der Waals surface area (Å²) in [6.45, 7) is -0.352. The van der Waals surface area contributed by atoms with E-state index in [1.165, 1.54) is 0 Å². The molecule has 0 bridgehead atoms. The summed E-state index contributed by atoms with van der Waals surface area (Å²) in [5.41, 5.74) is 7.14. The lowest BCUT2D eigenvalue weighted by Gasteiger charge is -2.02. The average Bonchev–Trinajstić information content (AvgIpc) is 2.78. The van der Waals surface area contributed by atoms with Crippen molar-refractivity contribution in [2.24, 2.45) is 0 Å². The van der Waals surface area contributed by atoms with E-state index in [-0.39, 0.29) is 6.61 Å². The van der Waals surface area contributed by atoms with E-state index >= 15 is 0 Å². The van der Waals surface area contributed by atoms with Crippen molar-refractivity contribution in [1.29, 1.82) is 0 Å². The number of hydrogen-bond donors (Lipinski definition) is 3. The van der Waals surface area contributed by atoms with Gasteiger partial charge in [-0.15, -0.1) is 0 Å². The molecule has 4 heteroatoms. The highest BCUT2D eigenvalue weighted by molar-refractivity contribution is 5.60. The molecule has 0 amide bonds. The normalized spacial score (nSPS) is 12.6. The van der Waals surface area contributed by atoms with Crippen LogP contribution in [0.4, 0.5) is 5.69 Å². The molecule has 0 saturated heterocycles. The van der Waals surface area contributed by atoms with Crippen molar-refractivity contribution >= 4 is 5.69 Å². The van der Waals surface area contributed by atoms with Crippen molar-refractivity contribution in [2.45, 2.75) is 6.10 Å². The number of aliphatic hydroxyl groups is 2. The fraction of sp³-hybridized carbons (Fsp3) is 0.167. The minimum atomic E-state index is -0.970. The summed E-state index contributed by atoms with van der Waals surface area (Å²) in [4.78, 5) is 0. The smallest absolute Gasteiger partial charge is 0.135 e. The molecule has 0 aliphatic heterocycles. The number of furan rings is 1. The number of anilines is 1. The van der Waals surface area contributed by atoms with E-state index in [9.17, 15) is 5.11 Å². The average molecular weight is 219 g/mol. The maximum Gasteiger partial charge on any atom is 0.135 e. The quantitative estimate of drug-likeness (QED) is 0.684. The molecule has 0 spiro atoms. The van der Waals surface area contributed by atoms with Crippen molar-refractivity contribution in [3.63, 3.8) is 0 Å². The molecule has 0 saturated carbocycles. The van der Waals surface area contributed by atoms with Gasteiger partial charge in [-0.3, -0.25) is 0 Å². The molecule has 0 fully saturated rings. The van der Waals surface area contributed by atoms with Gasteiger partial charge in [0.2, 0.25) is 0 Å². The van der Waals surface area contributed by atoms with Crippen LogP contribution >= 0.6 is 0 Å². The molecule has 2 aromatic rings. The van der Waals surface area contributed by atoms with Gasteiger partial charge in [-0.2, -0.15) is 0 Å². The standard InChI is InChI=1S/C12H13NO3/c13-9-3-1-8(2-4-9)11-5-6-12(16-11)10(15)7-14/h1-6,10,14-15H,7,13H2.